The molecule has 0 aromatic carbocycles. The summed E-state index contributed by atoms with van der Waals surface area (Å²) in [5, 5.41) is 0. The Morgan fingerprint density at radius 2 is 2.43 bits per heavy atom. The molecule has 74 valence electrons. The molecule has 0 N–H and O–H groups in total. The molecule has 0 aromatic heterocycles. The molecule has 1 fully saturated rings. The van der Waals surface area contributed by atoms with E-state index in [4.69, 9.17) is 4.74 Å². The van der Waals surface area contributed by atoms with Crippen molar-refractivity contribution in [1.29, 1.82) is 0 Å². The van der Waals surface area contributed by atoms with Crippen molar-refractivity contribution in [3.63, 3.8) is 0 Å². The average Bonchev–Trinajstić information content (AvgIpc) is 2.90. The number of ketones is 1. The minimum absolute atomic E-state index is 0.143. The molecule has 1 aliphatic carbocycles. The predicted octanol–water partition coefficient (Wildman–Crippen LogP) is 2.18. The van der Waals surface area contributed by atoms with Gasteiger partial charge in [0.05, 0.1) is 6.61 Å². The maximum Gasteiger partial charge on any atom is 0.197 e. The van der Waals surface area contributed by atoms with E-state index in [-0.39, 0.29) is 5.78 Å². The van der Waals surface area contributed by atoms with Crippen LogP contribution in [-0.4, -0.2) is 18.0 Å². The van der Waals surface area contributed by atoms with Gasteiger partial charge in [0, 0.05) is 0 Å². The smallest absolute Gasteiger partial charge is 0.197 e. The van der Waals surface area contributed by atoms with Crippen LogP contribution < -0.4 is 0 Å². The molecule has 0 saturated carbocycles. The van der Waals surface area contributed by atoms with Crippen molar-refractivity contribution in [2.75, 3.05) is 6.61 Å². The molecule has 1 unspecified atom stereocenters. The minimum Gasteiger partial charge on any atom is -0.356 e. The van der Waals surface area contributed by atoms with E-state index in [1.807, 2.05) is 25.2 Å². The predicted molar refractivity (Wildman–Crippen MR) is 55.0 cm³/mol. The quantitative estimate of drug-likeness (QED) is 0.504. The third kappa shape index (κ3) is 1.46. The van der Waals surface area contributed by atoms with Gasteiger partial charge in [-0.25, -0.2) is 0 Å². The summed E-state index contributed by atoms with van der Waals surface area (Å²) in [6, 6.07) is 0. The van der Waals surface area contributed by atoms with Crippen molar-refractivity contribution in [1.82, 2.24) is 0 Å². The van der Waals surface area contributed by atoms with E-state index in [0.717, 1.165) is 24.0 Å². The Morgan fingerprint density at radius 1 is 1.71 bits per heavy atom. The van der Waals surface area contributed by atoms with Crippen molar-refractivity contribution in [2.45, 2.75) is 25.4 Å². The molecule has 1 aliphatic heterocycles. The van der Waals surface area contributed by atoms with Crippen LogP contribution in [0.4, 0.5) is 0 Å². The number of hydrogen-bond acceptors (Lipinski definition) is 2. The van der Waals surface area contributed by atoms with Crippen LogP contribution >= 0.6 is 0 Å². The lowest BCUT2D eigenvalue weighted by molar-refractivity contribution is -0.119. The van der Waals surface area contributed by atoms with Crippen molar-refractivity contribution in [3.8, 4) is 0 Å². The summed E-state index contributed by atoms with van der Waals surface area (Å²) in [6.45, 7) is 6.21. The fourth-order valence-corrected chi connectivity index (χ4v) is 1.82. The standard InChI is InChI=1S/C12H14O2/c1-3-4-5-10-6-9(2)7-12(8-14-12)11(10)13/h3,6-7H,1,4-5,8H2,2H3. The first-order valence-electron chi connectivity index (χ1n) is 4.88. The van der Waals surface area contributed by atoms with Gasteiger partial charge >= 0.3 is 0 Å². The lowest BCUT2D eigenvalue weighted by atomic mass is 9.87. The average molecular weight is 190 g/mol. The Morgan fingerprint density at radius 3 is 3.00 bits per heavy atom. The highest BCUT2D eigenvalue weighted by atomic mass is 16.6. The van der Waals surface area contributed by atoms with Crippen molar-refractivity contribution in [2.24, 2.45) is 0 Å². The Bertz CT molecular complexity index is 343. The second kappa shape index (κ2) is 3.21. The normalized spacial score (nSPS) is 29.9. The number of carbonyl (C=O) groups excluding carboxylic acids is 1. The lowest BCUT2D eigenvalue weighted by Gasteiger charge is -2.15. The number of ether oxygens (including phenoxy) is 1. The van der Waals surface area contributed by atoms with E-state index in [2.05, 4.69) is 6.58 Å². The first-order chi connectivity index (χ1) is 6.68. The summed E-state index contributed by atoms with van der Waals surface area (Å²) in [4.78, 5) is 11.9. The molecule has 1 atom stereocenters. The SMILES string of the molecule is C=CCCC1=CC(C)=CC2(CO2)C1=O. The van der Waals surface area contributed by atoms with Gasteiger partial charge in [-0.2, -0.15) is 0 Å². The number of epoxide rings is 1. The van der Waals surface area contributed by atoms with Crippen molar-refractivity contribution < 1.29 is 9.53 Å². The fraction of sp³-hybridized carbons (Fsp3) is 0.417. The summed E-state index contributed by atoms with van der Waals surface area (Å²) in [6.07, 6.45) is 7.34. The molecule has 1 spiro atoms. The monoisotopic (exact) mass is 190 g/mol. The molecular formula is C12H14O2. The highest BCUT2D eigenvalue weighted by molar-refractivity contribution is 6.06. The Kier molecular flexibility index (Phi) is 2.16. The minimum atomic E-state index is -0.574. The molecule has 2 rings (SSSR count). The molecule has 2 heteroatoms. The number of carbonyl (C=O) groups is 1. The highest BCUT2D eigenvalue weighted by Gasteiger charge is 2.52. The molecule has 0 bridgehead atoms. The van der Waals surface area contributed by atoms with Gasteiger partial charge in [-0.3, -0.25) is 4.79 Å². The molecule has 2 aliphatic rings. The number of rotatable bonds is 3. The van der Waals surface area contributed by atoms with Crippen LogP contribution in [0.5, 0.6) is 0 Å². The Labute approximate surface area is 83.9 Å². The molecule has 0 amide bonds. The summed E-state index contributed by atoms with van der Waals surface area (Å²) in [5.41, 5.74) is 1.43. The van der Waals surface area contributed by atoms with Gasteiger partial charge in [-0.05, 0) is 31.4 Å². The van der Waals surface area contributed by atoms with E-state index >= 15 is 0 Å². The van der Waals surface area contributed by atoms with Crippen LogP contribution in [0.1, 0.15) is 19.8 Å². The van der Waals surface area contributed by atoms with Crippen molar-refractivity contribution >= 4 is 5.78 Å². The molecular weight excluding hydrogens is 176 g/mol. The van der Waals surface area contributed by atoms with Crippen LogP contribution in [0.15, 0.2) is 36.0 Å². The Hall–Kier alpha value is -1.15. The van der Waals surface area contributed by atoms with Gasteiger partial charge in [0.25, 0.3) is 0 Å². The van der Waals surface area contributed by atoms with Gasteiger partial charge in [-0.1, -0.05) is 17.7 Å². The number of Topliss-reactive ketones (excluding diaryl/α,β-unsaturated/α-hetero) is 1. The van der Waals surface area contributed by atoms with Gasteiger partial charge in [0.2, 0.25) is 0 Å². The van der Waals surface area contributed by atoms with Crippen molar-refractivity contribution in [3.05, 3.63) is 36.0 Å². The van der Waals surface area contributed by atoms with Gasteiger partial charge in [-0.15, -0.1) is 6.58 Å². The van der Waals surface area contributed by atoms with Gasteiger partial charge in [0.15, 0.2) is 11.4 Å². The maximum atomic E-state index is 11.9. The summed E-state index contributed by atoms with van der Waals surface area (Å²) >= 11 is 0. The lowest BCUT2D eigenvalue weighted by Crippen LogP contribution is -2.27. The third-order valence-electron chi connectivity index (χ3n) is 2.61. The van der Waals surface area contributed by atoms with Crippen LogP contribution in [-0.2, 0) is 9.53 Å². The first kappa shape index (κ1) is 9.41. The van der Waals surface area contributed by atoms with Crippen LogP contribution in [0.25, 0.3) is 0 Å². The van der Waals surface area contributed by atoms with E-state index in [0.29, 0.717) is 6.61 Å². The van der Waals surface area contributed by atoms with Crippen LogP contribution in [0.2, 0.25) is 0 Å². The number of allylic oxidation sites excluding steroid dienone is 3. The van der Waals surface area contributed by atoms with E-state index in [1.165, 1.54) is 0 Å². The molecule has 0 aromatic rings. The topological polar surface area (TPSA) is 29.6 Å². The molecule has 14 heavy (non-hydrogen) atoms. The number of hydrogen-bond donors (Lipinski definition) is 0. The van der Waals surface area contributed by atoms with E-state index in [1.54, 1.807) is 0 Å². The van der Waals surface area contributed by atoms with Crippen LogP contribution in [0.3, 0.4) is 0 Å². The van der Waals surface area contributed by atoms with E-state index in [9.17, 15) is 4.79 Å². The molecule has 1 heterocycles. The second-order valence-electron chi connectivity index (χ2n) is 3.89. The summed E-state index contributed by atoms with van der Waals surface area (Å²) < 4.78 is 5.24. The summed E-state index contributed by atoms with van der Waals surface area (Å²) in [5.74, 6) is 0.143. The summed E-state index contributed by atoms with van der Waals surface area (Å²) in [7, 11) is 0. The zero-order valence-corrected chi connectivity index (χ0v) is 8.38. The Balaban J connectivity index is 2.19. The molecule has 1 saturated heterocycles. The maximum absolute atomic E-state index is 11.9. The largest absolute Gasteiger partial charge is 0.356 e. The van der Waals surface area contributed by atoms with Gasteiger partial charge < -0.3 is 4.74 Å². The van der Waals surface area contributed by atoms with Gasteiger partial charge in [0.1, 0.15) is 0 Å². The molecule has 0 radical (unpaired) electrons. The zero-order chi connectivity index (χ0) is 10.2. The zero-order valence-electron chi connectivity index (χ0n) is 8.38. The molecule has 2 nitrogen and oxygen atoms in total. The second-order valence-corrected chi connectivity index (χ2v) is 3.89. The fourth-order valence-electron chi connectivity index (χ4n) is 1.82. The third-order valence-corrected chi connectivity index (χ3v) is 2.61. The van der Waals surface area contributed by atoms with Crippen LogP contribution in [0, 0.1) is 0 Å². The van der Waals surface area contributed by atoms with E-state index < -0.39 is 5.60 Å². The highest BCUT2D eigenvalue weighted by Crippen LogP contribution is 2.37. The first-order valence-corrected chi connectivity index (χ1v) is 4.88.